The van der Waals surface area contributed by atoms with Gasteiger partial charge in [0.25, 0.3) is 0 Å². The van der Waals surface area contributed by atoms with Crippen molar-refractivity contribution in [3.05, 3.63) is 53.9 Å². The highest BCUT2D eigenvalue weighted by Crippen LogP contribution is 2.32. The average Bonchev–Trinajstić information content (AvgIpc) is 2.80. The Labute approximate surface area is 123 Å². The van der Waals surface area contributed by atoms with E-state index < -0.39 is 6.04 Å². The van der Waals surface area contributed by atoms with Crippen molar-refractivity contribution in [3.8, 4) is 0 Å². The SMILES string of the molecule is CN(CCc1ccncc1)c1ccc2c(c1)NC(=O)C2N. The number of carbonyl (C=O) groups is 1. The molecule has 5 heteroatoms. The maximum absolute atomic E-state index is 11.6. The van der Waals surface area contributed by atoms with E-state index in [1.807, 2.05) is 49.8 Å². The number of pyridine rings is 1. The lowest BCUT2D eigenvalue weighted by atomic mass is 10.1. The average molecular weight is 282 g/mol. The molecule has 2 aromatic rings. The number of hydrogen-bond donors (Lipinski definition) is 2. The Kier molecular flexibility index (Phi) is 3.58. The van der Waals surface area contributed by atoms with Crippen LogP contribution in [0.2, 0.25) is 0 Å². The van der Waals surface area contributed by atoms with Gasteiger partial charge < -0.3 is 16.0 Å². The summed E-state index contributed by atoms with van der Waals surface area (Å²) in [6.45, 7) is 0.892. The minimum Gasteiger partial charge on any atom is -0.374 e. The van der Waals surface area contributed by atoms with Gasteiger partial charge in [0.2, 0.25) is 5.91 Å². The Morgan fingerprint density at radius 1 is 1.29 bits per heavy atom. The van der Waals surface area contributed by atoms with Gasteiger partial charge in [-0.05, 0) is 36.2 Å². The van der Waals surface area contributed by atoms with Crippen molar-refractivity contribution in [3.63, 3.8) is 0 Å². The summed E-state index contributed by atoms with van der Waals surface area (Å²) in [5.74, 6) is -0.137. The fourth-order valence-electron chi connectivity index (χ4n) is 2.49. The Hall–Kier alpha value is -2.40. The zero-order chi connectivity index (χ0) is 14.8. The predicted molar refractivity (Wildman–Crippen MR) is 83.2 cm³/mol. The van der Waals surface area contributed by atoms with Crippen molar-refractivity contribution in [2.75, 3.05) is 23.8 Å². The lowest BCUT2D eigenvalue weighted by molar-refractivity contribution is -0.116. The Morgan fingerprint density at radius 3 is 2.81 bits per heavy atom. The van der Waals surface area contributed by atoms with Gasteiger partial charge in [-0.25, -0.2) is 0 Å². The molecule has 5 nitrogen and oxygen atoms in total. The van der Waals surface area contributed by atoms with E-state index in [1.165, 1.54) is 5.56 Å². The molecule has 0 saturated carbocycles. The van der Waals surface area contributed by atoms with Crippen molar-refractivity contribution in [1.29, 1.82) is 0 Å². The molecule has 1 aromatic heterocycles. The summed E-state index contributed by atoms with van der Waals surface area (Å²) >= 11 is 0. The van der Waals surface area contributed by atoms with E-state index in [4.69, 9.17) is 5.73 Å². The summed E-state index contributed by atoms with van der Waals surface area (Å²) in [6.07, 6.45) is 4.56. The van der Waals surface area contributed by atoms with Crippen LogP contribution >= 0.6 is 0 Å². The van der Waals surface area contributed by atoms with Gasteiger partial charge >= 0.3 is 0 Å². The number of nitrogens with zero attached hydrogens (tertiary/aromatic N) is 2. The number of aromatic nitrogens is 1. The molecule has 1 aromatic carbocycles. The van der Waals surface area contributed by atoms with Crippen LogP contribution in [-0.4, -0.2) is 24.5 Å². The van der Waals surface area contributed by atoms with Crippen LogP contribution < -0.4 is 16.0 Å². The number of hydrogen-bond acceptors (Lipinski definition) is 4. The van der Waals surface area contributed by atoms with E-state index in [0.29, 0.717) is 0 Å². The van der Waals surface area contributed by atoms with Crippen LogP contribution in [0.15, 0.2) is 42.7 Å². The van der Waals surface area contributed by atoms with E-state index in [2.05, 4.69) is 15.2 Å². The number of likely N-dealkylation sites (N-methyl/N-ethyl adjacent to an activating group) is 1. The summed E-state index contributed by atoms with van der Waals surface area (Å²) in [5.41, 5.74) is 9.83. The van der Waals surface area contributed by atoms with Gasteiger partial charge in [-0.15, -0.1) is 0 Å². The molecule has 1 atom stereocenters. The van der Waals surface area contributed by atoms with Crippen LogP contribution in [0.4, 0.5) is 11.4 Å². The van der Waals surface area contributed by atoms with Gasteiger partial charge in [-0.2, -0.15) is 0 Å². The molecule has 0 fully saturated rings. The molecule has 3 N–H and O–H groups in total. The van der Waals surface area contributed by atoms with Crippen LogP contribution in [0.5, 0.6) is 0 Å². The van der Waals surface area contributed by atoms with Crippen LogP contribution in [0, 0.1) is 0 Å². The molecule has 0 aliphatic carbocycles. The first-order chi connectivity index (χ1) is 10.1. The molecule has 0 radical (unpaired) electrons. The molecule has 0 saturated heterocycles. The highest BCUT2D eigenvalue weighted by molar-refractivity contribution is 6.02. The lowest BCUT2D eigenvalue weighted by Gasteiger charge is -2.20. The maximum Gasteiger partial charge on any atom is 0.245 e. The quantitative estimate of drug-likeness (QED) is 0.895. The second-order valence-electron chi connectivity index (χ2n) is 5.27. The van der Waals surface area contributed by atoms with Crippen LogP contribution in [0.3, 0.4) is 0 Å². The number of nitrogens with two attached hydrogens (primary N) is 1. The summed E-state index contributed by atoms with van der Waals surface area (Å²) in [7, 11) is 2.04. The van der Waals surface area contributed by atoms with Crippen molar-refractivity contribution in [1.82, 2.24) is 4.98 Å². The number of carbonyl (C=O) groups excluding carboxylic acids is 1. The molecule has 1 unspecified atom stereocenters. The smallest absolute Gasteiger partial charge is 0.245 e. The van der Waals surface area contributed by atoms with Crippen molar-refractivity contribution in [2.24, 2.45) is 5.73 Å². The van der Waals surface area contributed by atoms with E-state index in [9.17, 15) is 4.79 Å². The molecule has 0 spiro atoms. The van der Waals surface area contributed by atoms with Crippen LogP contribution in [0.1, 0.15) is 17.2 Å². The maximum atomic E-state index is 11.6. The number of rotatable bonds is 4. The van der Waals surface area contributed by atoms with Crippen molar-refractivity contribution < 1.29 is 4.79 Å². The zero-order valence-corrected chi connectivity index (χ0v) is 11.9. The number of anilines is 2. The summed E-state index contributed by atoms with van der Waals surface area (Å²) < 4.78 is 0. The number of benzene rings is 1. The van der Waals surface area contributed by atoms with Crippen molar-refractivity contribution >= 4 is 17.3 Å². The fourth-order valence-corrected chi connectivity index (χ4v) is 2.49. The normalized spacial score (nSPS) is 16.5. The molecule has 2 heterocycles. The molecule has 0 bridgehead atoms. The van der Waals surface area contributed by atoms with E-state index in [1.54, 1.807) is 0 Å². The van der Waals surface area contributed by atoms with Gasteiger partial charge in [0, 0.05) is 42.9 Å². The van der Waals surface area contributed by atoms with Crippen molar-refractivity contribution in [2.45, 2.75) is 12.5 Å². The third kappa shape index (κ3) is 2.73. The minimum absolute atomic E-state index is 0.137. The predicted octanol–water partition coefficient (Wildman–Crippen LogP) is 1.71. The third-order valence-corrected chi connectivity index (χ3v) is 3.84. The standard InChI is InChI=1S/C16H18N4O/c1-20(9-6-11-4-7-18-8-5-11)12-2-3-13-14(10-12)19-16(21)15(13)17/h2-5,7-8,10,15H,6,9,17H2,1H3,(H,19,21). The largest absolute Gasteiger partial charge is 0.374 e. The first-order valence-electron chi connectivity index (χ1n) is 6.95. The molecule has 108 valence electrons. The van der Waals surface area contributed by atoms with Crippen LogP contribution in [-0.2, 0) is 11.2 Å². The van der Waals surface area contributed by atoms with Crippen LogP contribution in [0.25, 0.3) is 0 Å². The van der Waals surface area contributed by atoms with E-state index in [-0.39, 0.29) is 5.91 Å². The topological polar surface area (TPSA) is 71.2 Å². The fraction of sp³-hybridized carbons (Fsp3) is 0.250. The van der Waals surface area contributed by atoms with Gasteiger partial charge in [-0.1, -0.05) is 6.07 Å². The summed E-state index contributed by atoms with van der Waals surface area (Å²) in [4.78, 5) is 17.7. The van der Waals surface area contributed by atoms with E-state index >= 15 is 0 Å². The number of amides is 1. The zero-order valence-electron chi connectivity index (χ0n) is 11.9. The molecule has 1 amide bonds. The minimum atomic E-state index is -0.545. The Balaban J connectivity index is 1.70. The van der Waals surface area contributed by atoms with Gasteiger partial charge in [0.1, 0.15) is 6.04 Å². The monoisotopic (exact) mass is 282 g/mol. The van der Waals surface area contributed by atoms with Gasteiger partial charge in [-0.3, -0.25) is 9.78 Å². The second-order valence-corrected chi connectivity index (χ2v) is 5.27. The highest BCUT2D eigenvalue weighted by atomic mass is 16.2. The third-order valence-electron chi connectivity index (χ3n) is 3.84. The highest BCUT2D eigenvalue weighted by Gasteiger charge is 2.27. The van der Waals surface area contributed by atoms with Gasteiger partial charge in [0.15, 0.2) is 0 Å². The number of nitrogens with one attached hydrogen (secondary N) is 1. The lowest BCUT2D eigenvalue weighted by Crippen LogP contribution is -2.20. The Bertz CT molecular complexity index is 657. The molecule has 1 aliphatic rings. The molecule has 3 rings (SSSR count). The summed E-state index contributed by atoms with van der Waals surface area (Å²) in [5, 5.41) is 2.82. The van der Waals surface area contributed by atoms with E-state index in [0.717, 1.165) is 29.9 Å². The number of fused-ring (bicyclic) bond motifs is 1. The molecule has 21 heavy (non-hydrogen) atoms. The molecule has 1 aliphatic heterocycles. The first kappa shape index (κ1) is 13.6. The molecular weight excluding hydrogens is 264 g/mol. The Morgan fingerprint density at radius 2 is 2.05 bits per heavy atom. The second kappa shape index (κ2) is 5.54. The van der Waals surface area contributed by atoms with Gasteiger partial charge in [0.05, 0.1) is 0 Å². The first-order valence-corrected chi connectivity index (χ1v) is 6.95. The molecular formula is C16H18N4O. The summed E-state index contributed by atoms with van der Waals surface area (Å²) in [6, 6.07) is 9.41.